The topological polar surface area (TPSA) is 63.0 Å². The van der Waals surface area contributed by atoms with E-state index in [1.54, 1.807) is 6.07 Å². The van der Waals surface area contributed by atoms with E-state index >= 15 is 0 Å². The van der Waals surface area contributed by atoms with Gasteiger partial charge in [0.1, 0.15) is 6.07 Å². The highest BCUT2D eigenvalue weighted by Gasteiger charge is 2.37. The first-order chi connectivity index (χ1) is 7.90. The molecule has 90 valence electrons. The van der Waals surface area contributed by atoms with Crippen LogP contribution >= 0.6 is 0 Å². The molecule has 0 aliphatic heterocycles. The minimum Gasteiger partial charge on any atom is -0.462 e. The van der Waals surface area contributed by atoms with Crippen molar-refractivity contribution in [3.63, 3.8) is 0 Å². The van der Waals surface area contributed by atoms with Gasteiger partial charge >= 0.3 is 12.1 Å². The number of alkyl halides is 3. The molecule has 0 fully saturated rings. The van der Waals surface area contributed by atoms with Crippen LogP contribution in [-0.2, 0) is 10.9 Å². The van der Waals surface area contributed by atoms with Gasteiger partial charge in [-0.2, -0.15) is 18.4 Å². The van der Waals surface area contributed by atoms with Crippen LogP contribution in [0.25, 0.3) is 0 Å². The second-order valence-electron chi connectivity index (χ2n) is 2.95. The lowest BCUT2D eigenvalue weighted by Gasteiger charge is -2.10. The van der Waals surface area contributed by atoms with Gasteiger partial charge in [-0.15, -0.1) is 0 Å². The summed E-state index contributed by atoms with van der Waals surface area (Å²) in [4.78, 5) is 14.4. The minimum atomic E-state index is -4.77. The molecule has 1 aromatic heterocycles. The van der Waals surface area contributed by atoms with E-state index in [2.05, 4.69) is 9.72 Å². The number of ether oxygens (including phenoxy) is 1. The number of nitriles is 1. The van der Waals surface area contributed by atoms with Crippen LogP contribution in [0.2, 0.25) is 0 Å². The summed E-state index contributed by atoms with van der Waals surface area (Å²) < 4.78 is 42.1. The maximum atomic E-state index is 12.5. The Balaban J connectivity index is 3.32. The van der Waals surface area contributed by atoms with E-state index in [1.165, 1.54) is 6.92 Å². The third kappa shape index (κ3) is 2.93. The molecule has 0 saturated carbocycles. The van der Waals surface area contributed by atoms with Crippen molar-refractivity contribution in [3.05, 3.63) is 29.1 Å². The zero-order chi connectivity index (χ0) is 13.1. The van der Waals surface area contributed by atoms with Gasteiger partial charge in [0.15, 0.2) is 5.69 Å². The first-order valence-electron chi connectivity index (χ1n) is 4.54. The van der Waals surface area contributed by atoms with E-state index < -0.39 is 23.4 Å². The van der Waals surface area contributed by atoms with Crippen LogP contribution in [0.5, 0.6) is 0 Å². The highest BCUT2D eigenvalue weighted by atomic mass is 19.4. The highest BCUT2D eigenvalue weighted by Crippen LogP contribution is 2.30. The molecule has 0 aliphatic rings. The molecule has 0 atom stereocenters. The first-order valence-corrected chi connectivity index (χ1v) is 4.54. The van der Waals surface area contributed by atoms with E-state index in [-0.39, 0.29) is 12.2 Å². The van der Waals surface area contributed by atoms with E-state index in [1.807, 2.05) is 0 Å². The van der Waals surface area contributed by atoms with Crippen LogP contribution in [0, 0.1) is 11.3 Å². The number of aromatic nitrogens is 1. The smallest absolute Gasteiger partial charge is 0.434 e. The van der Waals surface area contributed by atoms with Crippen molar-refractivity contribution in [2.24, 2.45) is 0 Å². The molecule has 0 amide bonds. The maximum absolute atomic E-state index is 12.5. The minimum absolute atomic E-state index is 0.0626. The predicted octanol–water partition coefficient (Wildman–Crippen LogP) is 2.15. The van der Waals surface area contributed by atoms with Gasteiger partial charge < -0.3 is 4.74 Å². The lowest BCUT2D eigenvalue weighted by molar-refractivity contribution is -0.141. The Hall–Kier alpha value is -2.10. The number of hydrogen-bond donors (Lipinski definition) is 0. The van der Waals surface area contributed by atoms with Crippen molar-refractivity contribution < 1.29 is 22.7 Å². The van der Waals surface area contributed by atoms with Gasteiger partial charge in [0.25, 0.3) is 0 Å². The molecule has 0 saturated heterocycles. The van der Waals surface area contributed by atoms with Crippen LogP contribution in [-0.4, -0.2) is 17.6 Å². The molecule has 17 heavy (non-hydrogen) atoms. The zero-order valence-electron chi connectivity index (χ0n) is 8.71. The normalized spacial score (nSPS) is 10.8. The Bertz CT molecular complexity index is 477. The Labute approximate surface area is 94.6 Å². The van der Waals surface area contributed by atoms with E-state index in [0.29, 0.717) is 0 Å². The number of carbonyl (C=O) groups is 1. The van der Waals surface area contributed by atoms with E-state index in [9.17, 15) is 18.0 Å². The number of nitrogens with zero attached hydrogens (tertiary/aromatic N) is 2. The summed E-state index contributed by atoms with van der Waals surface area (Å²) in [6, 6.07) is 2.42. The summed E-state index contributed by atoms with van der Waals surface area (Å²) >= 11 is 0. The van der Waals surface area contributed by atoms with Crippen molar-refractivity contribution in [2.75, 3.05) is 6.61 Å². The van der Waals surface area contributed by atoms with Crippen molar-refractivity contribution >= 4 is 5.97 Å². The maximum Gasteiger partial charge on any atom is 0.434 e. The Kier molecular flexibility index (Phi) is 3.68. The van der Waals surface area contributed by atoms with Crippen LogP contribution in [0.3, 0.4) is 0 Å². The Morgan fingerprint density at radius 1 is 1.59 bits per heavy atom. The Morgan fingerprint density at radius 3 is 2.71 bits per heavy atom. The van der Waals surface area contributed by atoms with Crippen molar-refractivity contribution in [1.29, 1.82) is 5.26 Å². The van der Waals surface area contributed by atoms with Gasteiger partial charge in [-0.1, -0.05) is 0 Å². The van der Waals surface area contributed by atoms with Crippen molar-refractivity contribution in [3.8, 4) is 6.07 Å². The number of esters is 1. The monoisotopic (exact) mass is 244 g/mol. The molecule has 0 radical (unpaired) electrons. The molecule has 7 heteroatoms. The molecule has 0 bridgehead atoms. The first kappa shape index (κ1) is 13.0. The van der Waals surface area contributed by atoms with E-state index in [4.69, 9.17) is 5.26 Å². The average Bonchev–Trinajstić information content (AvgIpc) is 2.27. The molecule has 4 nitrogen and oxygen atoms in total. The molecule has 0 aliphatic carbocycles. The van der Waals surface area contributed by atoms with Crippen LogP contribution < -0.4 is 0 Å². The molecule has 1 heterocycles. The summed E-state index contributed by atoms with van der Waals surface area (Å²) in [6.07, 6.45) is -4.01. The third-order valence-corrected chi connectivity index (χ3v) is 1.78. The van der Waals surface area contributed by atoms with Gasteiger partial charge in [0.2, 0.25) is 0 Å². The summed E-state index contributed by atoms with van der Waals surface area (Å²) in [6.45, 7) is 1.40. The highest BCUT2D eigenvalue weighted by molar-refractivity contribution is 5.91. The standard InChI is InChI=1S/C10H7F3N2O2/c1-2-17-9(16)7-3-6(4-14)5-15-8(7)10(11,12)13/h3,5H,2H2,1H3. The molecule has 1 aromatic rings. The van der Waals surface area contributed by atoms with Crippen molar-refractivity contribution in [2.45, 2.75) is 13.1 Å². The predicted molar refractivity (Wildman–Crippen MR) is 49.9 cm³/mol. The van der Waals surface area contributed by atoms with Gasteiger partial charge in [0.05, 0.1) is 17.7 Å². The van der Waals surface area contributed by atoms with Gasteiger partial charge in [-0.05, 0) is 13.0 Å². The summed E-state index contributed by atoms with van der Waals surface area (Å²) in [5, 5.41) is 8.54. The van der Waals surface area contributed by atoms with Gasteiger partial charge in [-0.3, -0.25) is 0 Å². The van der Waals surface area contributed by atoms with Gasteiger partial charge in [0, 0.05) is 6.20 Å². The second-order valence-corrected chi connectivity index (χ2v) is 2.95. The van der Waals surface area contributed by atoms with Crippen molar-refractivity contribution in [1.82, 2.24) is 4.98 Å². The largest absolute Gasteiger partial charge is 0.462 e. The number of rotatable bonds is 2. The van der Waals surface area contributed by atoms with Gasteiger partial charge in [-0.25, -0.2) is 9.78 Å². The number of pyridine rings is 1. The fraction of sp³-hybridized carbons (Fsp3) is 0.300. The molecular weight excluding hydrogens is 237 g/mol. The molecule has 1 rings (SSSR count). The van der Waals surface area contributed by atoms with Crippen LogP contribution in [0.1, 0.15) is 28.5 Å². The Morgan fingerprint density at radius 2 is 2.24 bits per heavy atom. The molecule has 0 aromatic carbocycles. The second kappa shape index (κ2) is 4.82. The third-order valence-electron chi connectivity index (χ3n) is 1.78. The van der Waals surface area contributed by atoms with Crippen LogP contribution in [0.4, 0.5) is 13.2 Å². The molecular formula is C10H7F3N2O2. The molecule has 0 N–H and O–H groups in total. The fourth-order valence-electron chi connectivity index (χ4n) is 1.12. The quantitative estimate of drug-likeness (QED) is 0.748. The lowest BCUT2D eigenvalue weighted by Crippen LogP contribution is -2.17. The van der Waals surface area contributed by atoms with Crippen LogP contribution in [0.15, 0.2) is 12.3 Å². The fourth-order valence-corrected chi connectivity index (χ4v) is 1.12. The summed E-state index contributed by atoms with van der Waals surface area (Å²) in [5.74, 6) is -1.15. The zero-order valence-corrected chi connectivity index (χ0v) is 8.71. The summed E-state index contributed by atoms with van der Waals surface area (Å²) in [5.41, 5.74) is -2.24. The van der Waals surface area contributed by atoms with E-state index in [0.717, 1.165) is 12.3 Å². The molecule has 0 unspecified atom stereocenters. The number of hydrogen-bond acceptors (Lipinski definition) is 4. The SMILES string of the molecule is CCOC(=O)c1cc(C#N)cnc1C(F)(F)F. The summed E-state index contributed by atoms with van der Waals surface area (Å²) in [7, 11) is 0. The average molecular weight is 244 g/mol. The number of carbonyl (C=O) groups excluding carboxylic acids is 1. The number of halogens is 3. The lowest BCUT2D eigenvalue weighted by atomic mass is 10.1. The molecule has 0 spiro atoms.